The number of aliphatic hydroxyl groups excluding tert-OH is 1. The number of carbonyl (C=O) groups is 1. The Hall–Kier alpha value is -3.26. The summed E-state index contributed by atoms with van der Waals surface area (Å²) in [5.74, 6) is -0.0261. The van der Waals surface area contributed by atoms with E-state index in [9.17, 15) is 4.79 Å². The molecule has 1 atom stereocenters. The van der Waals surface area contributed by atoms with E-state index >= 15 is 0 Å². The minimum absolute atomic E-state index is 0.139. The van der Waals surface area contributed by atoms with E-state index in [0.29, 0.717) is 11.6 Å². The molecule has 0 aliphatic carbocycles. The smallest absolute Gasteiger partial charge is 0.269 e. The molecule has 0 saturated heterocycles. The number of anilines is 2. The molecule has 0 fully saturated rings. The number of nitrogens with two attached hydrogens (primary N) is 1. The Morgan fingerprint density at radius 1 is 1.32 bits per heavy atom. The van der Waals surface area contributed by atoms with E-state index in [1.54, 1.807) is 19.2 Å². The number of amides is 1. The molecule has 148 valence electrons. The van der Waals surface area contributed by atoms with E-state index in [0.717, 1.165) is 16.8 Å². The predicted molar refractivity (Wildman–Crippen MR) is 111 cm³/mol. The van der Waals surface area contributed by atoms with Crippen LogP contribution >= 0.6 is 0 Å². The van der Waals surface area contributed by atoms with Crippen LogP contribution in [0.1, 0.15) is 23.7 Å². The van der Waals surface area contributed by atoms with Gasteiger partial charge in [-0.2, -0.15) is 0 Å². The van der Waals surface area contributed by atoms with E-state index in [-0.39, 0.29) is 24.1 Å². The number of hydrogen-bond acceptors (Lipinski definition) is 7. The minimum atomic E-state index is -0.422. The van der Waals surface area contributed by atoms with Crippen LogP contribution in [0.5, 0.6) is 0 Å². The quantitative estimate of drug-likeness (QED) is 0.540. The predicted octanol–water partition coefficient (Wildman–Crippen LogP) is 1.70. The topological polar surface area (TPSA) is 126 Å². The largest absolute Gasteiger partial charge is 0.397 e. The molecule has 8 heteroatoms. The van der Waals surface area contributed by atoms with Crippen LogP contribution in [0.3, 0.4) is 0 Å². The molecule has 1 aromatic carbocycles. The number of aromatic nitrogens is 2. The van der Waals surface area contributed by atoms with Gasteiger partial charge in [-0.3, -0.25) is 9.79 Å². The van der Waals surface area contributed by atoms with Gasteiger partial charge in [-0.25, -0.2) is 9.97 Å². The number of nitrogens with zero attached hydrogens (tertiary/aromatic N) is 3. The Morgan fingerprint density at radius 3 is 2.61 bits per heavy atom. The SMILES string of the molecule is CN=C(/C=C(\N)c1ccnc(Nc2cc(C)cc(C)c2)n1)C(=O)NC(C)CO. The zero-order valence-corrected chi connectivity index (χ0v) is 16.5. The van der Waals surface area contributed by atoms with Crippen LogP contribution in [-0.4, -0.2) is 46.4 Å². The molecule has 0 radical (unpaired) electrons. The van der Waals surface area contributed by atoms with Crippen molar-refractivity contribution in [2.75, 3.05) is 19.0 Å². The molecule has 0 saturated carbocycles. The molecule has 2 aromatic rings. The van der Waals surface area contributed by atoms with Gasteiger partial charge in [0.1, 0.15) is 5.71 Å². The van der Waals surface area contributed by atoms with Crippen LogP contribution in [0, 0.1) is 13.8 Å². The average Bonchev–Trinajstić information content (AvgIpc) is 2.65. The van der Waals surface area contributed by atoms with E-state index in [1.165, 1.54) is 13.1 Å². The van der Waals surface area contributed by atoms with Gasteiger partial charge in [0.25, 0.3) is 5.91 Å². The third-order valence-electron chi connectivity index (χ3n) is 3.85. The second kappa shape index (κ2) is 9.61. The van der Waals surface area contributed by atoms with Crippen LogP contribution in [0.4, 0.5) is 11.6 Å². The molecule has 1 unspecified atom stereocenters. The summed E-state index contributed by atoms with van der Waals surface area (Å²) >= 11 is 0. The molecule has 0 aliphatic heterocycles. The lowest BCUT2D eigenvalue weighted by molar-refractivity contribution is -0.115. The van der Waals surface area contributed by atoms with Crippen molar-refractivity contribution in [2.24, 2.45) is 10.7 Å². The van der Waals surface area contributed by atoms with Crippen molar-refractivity contribution in [3.05, 3.63) is 53.4 Å². The van der Waals surface area contributed by atoms with Crippen molar-refractivity contribution in [1.82, 2.24) is 15.3 Å². The van der Waals surface area contributed by atoms with E-state index < -0.39 is 5.91 Å². The zero-order chi connectivity index (χ0) is 20.7. The summed E-state index contributed by atoms with van der Waals surface area (Å²) in [7, 11) is 1.50. The van der Waals surface area contributed by atoms with Gasteiger partial charge in [0.05, 0.1) is 18.0 Å². The second-order valence-electron chi connectivity index (χ2n) is 6.53. The number of carbonyl (C=O) groups excluding carboxylic acids is 1. The summed E-state index contributed by atoms with van der Waals surface area (Å²) in [6.07, 6.45) is 3.03. The number of nitrogens with one attached hydrogen (secondary N) is 2. The van der Waals surface area contributed by atoms with Crippen molar-refractivity contribution in [3.8, 4) is 0 Å². The zero-order valence-electron chi connectivity index (χ0n) is 16.5. The number of aryl methyl sites for hydroxylation is 2. The maximum Gasteiger partial charge on any atom is 0.269 e. The lowest BCUT2D eigenvalue weighted by Gasteiger charge is -2.11. The van der Waals surface area contributed by atoms with E-state index in [2.05, 4.69) is 31.7 Å². The van der Waals surface area contributed by atoms with Crippen LogP contribution < -0.4 is 16.4 Å². The third-order valence-corrected chi connectivity index (χ3v) is 3.85. The molecule has 0 aliphatic rings. The first-order valence-electron chi connectivity index (χ1n) is 8.86. The van der Waals surface area contributed by atoms with E-state index in [1.807, 2.05) is 26.0 Å². The maximum atomic E-state index is 12.2. The minimum Gasteiger partial charge on any atom is -0.397 e. The first-order chi connectivity index (χ1) is 13.3. The number of hydrogen-bond donors (Lipinski definition) is 4. The standard InChI is InChI=1S/C20H26N6O2/c1-12-7-13(2)9-15(8-12)25-20-23-6-5-17(26-20)16(21)10-18(22-4)19(28)24-14(3)11-27/h5-10,14,27H,11,21H2,1-4H3,(H,24,28)(H,23,25,26)/b16-10-,22-18?. The lowest BCUT2D eigenvalue weighted by Crippen LogP contribution is -2.39. The van der Waals surface area contributed by atoms with Crippen LogP contribution in [0.2, 0.25) is 0 Å². The van der Waals surface area contributed by atoms with Gasteiger partial charge in [0.2, 0.25) is 5.95 Å². The molecule has 1 aromatic heterocycles. The first-order valence-corrected chi connectivity index (χ1v) is 8.86. The molecule has 1 amide bonds. The normalized spacial score (nSPS) is 13.2. The van der Waals surface area contributed by atoms with Gasteiger partial charge in [0.15, 0.2) is 0 Å². The summed E-state index contributed by atoms with van der Waals surface area (Å²) in [6.45, 7) is 5.56. The summed E-state index contributed by atoms with van der Waals surface area (Å²) < 4.78 is 0. The van der Waals surface area contributed by atoms with Crippen LogP contribution in [0.15, 0.2) is 41.5 Å². The summed E-state index contributed by atoms with van der Waals surface area (Å²) in [5, 5.41) is 14.9. The van der Waals surface area contributed by atoms with Gasteiger partial charge in [-0.1, -0.05) is 6.07 Å². The Bertz CT molecular complexity index is 887. The fourth-order valence-corrected chi connectivity index (χ4v) is 2.55. The molecule has 8 nitrogen and oxygen atoms in total. The van der Waals surface area contributed by atoms with E-state index in [4.69, 9.17) is 10.8 Å². The molecule has 0 bridgehead atoms. The Labute approximate surface area is 164 Å². The molecule has 28 heavy (non-hydrogen) atoms. The van der Waals surface area contributed by atoms with Gasteiger partial charge in [-0.05, 0) is 56.2 Å². The van der Waals surface area contributed by atoms with Crippen molar-refractivity contribution >= 4 is 29.0 Å². The fourth-order valence-electron chi connectivity index (χ4n) is 2.55. The summed E-state index contributed by atoms with van der Waals surface area (Å²) in [5.41, 5.74) is 10.1. The summed E-state index contributed by atoms with van der Waals surface area (Å²) in [6, 6.07) is 7.34. The highest BCUT2D eigenvalue weighted by atomic mass is 16.3. The highest BCUT2D eigenvalue weighted by Crippen LogP contribution is 2.18. The van der Waals surface area contributed by atoms with Gasteiger partial charge < -0.3 is 21.5 Å². The molecular formula is C20H26N6O2. The van der Waals surface area contributed by atoms with Crippen molar-refractivity contribution in [3.63, 3.8) is 0 Å². The highest BCUT2D eigenvalue weighted by Gasteiger charge is 2.13. The molecular weight excluding hydrogens is 356 g/mol. The average molecular weight is 382 g/mol. The molecule has 0 spiro atoms. The number of rotatable bonds is 7. The monoisotopic (exact) mass is 382 g/mol. The molecule has 5 N–H and O–H groups in total. The number of benzene rings is 1. The first kappa shape index (κ1) is 21.0. The second-order valence-corrected chi connectivity index (χ2v) is 6.53. The van der Waals surface area contributed by atoms with Gasteiger partial charge in [-0.15, -0.1) is 0 Å². The Balaban J connectivity index is 2.21. The van der Waals surface area contributed by atoms with Gasteiger partial charge in [0, 0.05) is 25.0 Å². The molecule has 2 rings (SSSR count). The van der Waals surface area contributed by atoms with Crippen molar-refractivity contribution in [1.29, 1.82) is 0 Å². The Morgan fingerprint density at radius 2 is 2.00 bits per heavy atom. The number of aliphatic imine (C=N–C) groups is 1. The van der Waals surface area contributed by atoms with Gasteiger partial charge >= 0.3 is 0 Å². The highest BCUT2D eigenvalue weighted by molar-refractivity contribution is 6.44. The lowest BCUT2D eigenvalue weighted by atomic mass is 10.1. The van der Waals surface area contributed by atoms with Crippen LogP contribution in [0.25, 0.3) is 5.70 Å². The van der Waals surface area contributed by atoms with Crippen molar-refractivity contribution < 1.29 is 9.90 Å². The number of aliphatic hydroxyl groups is 1. The summed E-state index contributed by atoms with van der Waals surface area (Å²) in [4.78, 5) is 24.8. The third kappa shape index (κ3) is 5.88. The van der Waals surface area contributed by atoms with Crippen LogP contribution in [-0.2, 0) is 4.79 Å². The molecule has 1 heterocycles. The fraction of sp³-hybridized carbons (Fsp3) is 0.300. The van der Waals surface area contributed by atoms with Crippen molar-refractivity contribution in [2.45, 2.75) is 26.8 Å². The maximum absolute atomic E-state index is 12.2. The Kier molecular flexibility index (Phi) is 7.22.